The largest absolute Gasteiger partial charge is 0.496 e. The minimum Gasteiger partial charge on any atom is -0.496 e. The van der Waals surface area contributed by atoms with Gasteiger partial charge in [-0.3, -0.25) is 0 Å². The number of aryl methyl sites for hydroxylation is 2. The van der Waals surface area contributed by atoms with Crippen molar-refractivity contribution in [2.24, 2.45) is 5.73 Å². The lowest BCUT2D eigenvalue weighted by Gasteiger charge is -2.17. The maximum Gasteiger partial charge on any atom is 0.134 e. The van der Waals surface area contributed by atoms with Gasteiger partial charge in [0.1, 0.15) is 5.75 Å². The van der Waals surface area contributed by atoms with Crippen molar-refractivity contribution in [1.29, 1.82) is 0 Å². The van der Waals surface area contributed by atoms with E-state index in [1.807, 2.05) is 11.4 Å². The molecule has 0 aliphatic carbocycles. The molecule has 1 aromatic carbocycles. The zero-order valence-corrected chi connectivity index (χ0v) is 12.6. The summed E-state index contributed by atoms with van der Waals surface area (Å²) in [5.74, 6) is 0.890. The van der Waals surface area contributed by atoms with Crippen molar-refractivity contribution in [3.63, 3.8) is 0 Å². The molecule has 0 amide bonds. The molecule has 2 rings (SSSR count). The van der Waals surface area contributed by atoms with Crippen molar-refractivity contribution in [3.8, 4) is 5.75 Å². The average Bonchev–Trinajstić information content (AvgIpc) is 2.94. The van der Waals surface area contributed by atoms with Crippen molar-refractivity contribution >= 4 is 11.3 Å². The molecule has 0 radical (unpaired) electrons. The smallest absolute Gasteiger partial charge is 0.134 e. The quantitative estimate of drug-likeness (QED) is 0.897. The second-order valence-corrected chi connectivity index (χ2v) is 5.52. The Labute approximate surface area is 119 Å². The van der Waals surface area contributed by atoms with E-state index in [-0.39, 0.29) is 6.04 Å². The number of hydrogen-bond donors (Lipinski definition) is 1. The lowest BCUT2D eigenvalue weighted by Crippen LogP contribution is -2.14. The van der Waals surface area contributed by atoms with Crippen molar-refractivity contribution < 1.29 is 4.74 Å². The van der Waals surface area contributed by atoms with Gasteiger partial charge in [-0.2, -0.15) is 0 Å². The van der Waals surface area contributed by atoms with Gasteiger partial charge in [0.05, 0.1) is 18.0 Å². The van der Waals surface area contributed by atoms with Crippen LogP contribution < -0.4 is 10.5 Å². The van der Waals surface area contributed by atoms with Crippen molar-refractivity contribution in [1.82, 2.24) is 0 Å². The van der Waals surface area contributed by atoms with E-state index in [4.69, 9.17) is 10.5 Å². The number of thiophene rings is 1. The summed E-state index contributed by atoms with van der Waals surface area (Å²) in [5, 5.41) is 2.03. The number of methoxy groups -OCH3 is 1. The molecular weight excluding hydrogens is 254 g/mol. The van der Waals surface area contributed by atoms with Crippen LogP contribution in [0.1, 0.15) is 41.5 Å². The lowest BCUT2D eigenvalue weighted by molar-refractivity contribution is 0.410. The van der Waals surface area contributed by atoms with Crippen LogP contribution in [-0.2, 0) is 12.8 Å². The molecule has 2 N–H and O–H groups in total. The first-order valence-corrected chi connectivity index (χ1v) is 7.57. The van der Waals surface area contributed by atoms with Crippen LogP contribution in [0.5, 0.6) is 5.75 Å². The van der Waals surface area contributed by atoms with Gasteiger partial charge < -0.3 is 10.5 Å². The van der Waals surface area contributed by atoms with Crippen LogP contribution in [0.4, 0.5) is 0 Å². The summed E-state index contributed by atoms with van der Waals surface area (Å²) in [6.07, 6.45) is 2.03. The monoisotopic (exact) mass is 275 g/mol. The normalized spacial score (nSPS) is 12.4. The number of benzene rings is 1. The Balaban J connectivity index is 2.45. The van der Waals surface area contributed by atoms with Crippen LogP contribution in [0.2, 0.25) is 0 Å². The molecule has 2 nitrogen and oxygen atoms in total. The summed E-state index contributed by atoms with van der Waals surface area (Å²) >= 11 is 1.66. The molecule has 1 aromatic heterocycles. The van der Waals surface area contributed by atoms with Gasteiger partial charge in [-0.15, -0.1) is 11.3 Å². The summed E-state index contributed by atoms with van der Waals surface area (Å²) in [4.78, 5) is 1.10. The summed E-state index contributed by atoms with van der Waals surface area (Å²) in [5.41, 5.74) is 10.3. The standard InChI is InChI=1S/C16H21NOS/c1-4-11-6-7-12(5-2)13(10-11)15(17)16-14(18-3)8-9-19-16/h6-10,15H,4-5,17H2,1-3H3. The molecular formula is C16H21NOS. The third kappa shape index (κ3) is 2.82. The summed E-state index contributed by atoms with van der Waals surface area (Å²) in [6.45, 7) is 4.34. The maximum absolute atomic E-state index is 6.47. The first-order chi connectivity index (χ1) is 9.21. The van der Waals surface area contributed by atoms with Crippen LogP contribution in [-0.4, -0.2) is 7.11 Å². The van der Waals surface area contributed by atoms with E-state index in [0.717, 1.165) is 23.5 Å². The molecule has 0 fully saturated rings. The Hall–Kier alpha value is -1.32. The fraction of sp³-hybridized carbons (Fsp3) is 0.375. The Bertz CT molecular complexity index is 547. The highest BCUT2D eigenvalue weighted by atomic mass is 32.1. The molecule has 1 atom stereocenters. The highest BCUT2D eigenvalue weighted by molar-refractivity contribution is 7.10. The van der Waals surface area contributed by atoms with Gasteiger partial charge in [0.15, 0.2) is 0 Å². The van der Waals surface area contributed by atoms with Gasteiger partial charge >= 0.3 is 0 Å². The summed E-state index contributed by atoms with van der Waals surface area (Å²) in [7, 11) is 1.70. The van der Waals surface area contributed by atoms with Crippen LogP contribution in [0, 0.1) is 0 Å². The second kappa shape index (κ2) is 6.22. The Kier molecular flexibility index (Phi) is 4.61. The van der Waals surface area contributed by atoms with Crippen LogP contribution >= 0.6 is 11.3 Å². The molecule has 0 saturated carbocycles. The van der Waals surface area contributed by atoms with E-state index < -0.39 is 0 Å². The van der Waals surface area contributed by atoms with Gasteiger partial charge in [-0.1, -0.05) is 32.0 Å². The van der Waals surface area contributed by atoms with Crippen LogP contribution in [0.3, 0.4) is 0 Å². The van der Waals surface area contributed by atoms with E-state index in [0.29, 0.717) is 0 Å². The van der Waals surface area contributed by atoms with Crippen LogP contribution in [0.15, 0.2) is 29.6 Å². The summed E-state index contributed by atoms with van der Waals surface area (Å²) in [6, 6.07) is 8.52. The molecule has 0 bridgehead atoms. The SMILES string of the molecule is CCc1ccc(CC)c(C(N)c2sccc2OC)c1. The zero-order chi connectivity index (χ0) is 13.8. The van der Waals surface area contributed by atoms with Crippen LogP contribution in [0.25, 0.3) is 0 Å². The van der Waals surface area contributed by atoms with Gasteiger partial charge in [0.2, 0.25) is 0 Å². The third-order valence-electron chi connectivity index (χ3n) is 3.49. The van der Waals surface area contributed by atoms with Crippen molar-refractivity contribution in [3.05, 3.63) is 51.2 Å². The minimum atomic E-state index is -0.101. The Morgan fingerprint density at radius 3 is 2.63 bits per heavy atom. The van der Waals surface area contributed by atoms with Crippen molar-refractivity contribution in [2.75, 3.05) is 7.11 Å². The molecule has 0 saturated heterocycles. The van der Waals surface area contributed by atoms with E-state index in [1.54, 1.807) is 18.4 Å². The third-order valence-corrected chi connectivity index (χ3v) is 4.48. The van der Waals surface area contributed by atoms with Gasteiger partial charge in [-0.25, -0.2) is 0 Å². The molecule has 0 aliphatic rings. The van der Waals surface area contributed by atoms with E-state index in [1.165, 1.54) is 16.7 Å². The number of nitrogens with two attached hydrogens (primary N) is 1. The lowest BCUT2D eigenvalue weighted by atomic mass is 9.95. The average molecular weight is 275 g/mol. The van der Waals surface area contributed by atoms with Crippen molar-refractivity contribution in [2.45, 2.75) is 32.7 Å². The predicted octanol–water partition coefficient (Wildman–Crippen LogP) is 3.93. The Morgan fingerprint density at radius 2 is 2.00 bits per heavy atom. The maximum atomic E-state index is 6.47. The fourth-order valence-corrected chi connectivity index (χ4v) is 3.20. The molecule has 0 spiro atoms. The minimum absolute atomic E-state index is 0.101. The van der Waals surface area contributed by atoms with Gasteiger partial charge in [0, 0.05) is 0 Å². The zero-order valence-electron chi connectivity index (χ0n) is 11.8. The molecule has 2 aromatic rings. The number of rotatable bonds is 5. The molecule has 1 heterocycles. The number of ether oxygens (including phenoxy) is 1. The van der Waals surface area contributed by atoms with Gasteiger partial charge in [-0.05, 0) is 41.0 Å². The van der Waals surface area contributed by atoms with Gasteiger partial charge in [0.25, 0.3) is 0 Å². The Morgan fingerprint density at radius 1 is 1.21 bits per heavy atom. The first-order valence-electron chi connectivity index (χ1n) is 6.69. The molecule has 0 aliphatic heterocycles. The molecule has 19 heavy (non-hydrogen) atoms. The molecule has 1 unspecified atom stereocenters. The highest BCUT2D eigenvalue weighted by Gasteiger charge is 2.18. The first kappa shape index (κ1) is 14.1. The van der Waals surface area contributed by atoms with E-state index in [2.05, 4.69) is 32.0 Å². The van der Waals surface area contributed by atoms with E-state index >= 15 is 0 Å². The predicted molar refractivity (Wildman–Crippen MR) is 82.1 cm³/mol. The number of hydrogen-bond acceptors (Lipinski definition) is 3. The fourth-order valence-electron chi connectivity index (χ4n) is 2.32. The molecule has 102 valence electrons. The van der Waals surface area contributed by atoms with E-state index in [9.17, 15) is 0 Å². The highest BCUT2D eigenvalue weighted by Crippen LogP contribution is 2.34. The second-order valence-electron chi connectivity index (χ2n) is 4.57. The topological polar surface area (TPSA) is 35.2 Å². The molecule has 3 heteroatoms. The summed E-state index contributed by atoms with van der Waals surface area (Å²) < 4.78 is 5.39.